The van der Waals surface area contributed by atoms with Crippen LogP contribution in [0.1, 0.15) is 38.7 Å². The Balaban J connectivity index is 1.78. The van der Waals surface area contributed by atoms with E-state index in [1.807, 2.05) is 18.2 Å². The predicted molar refractivity (Wildman–Crippen MR) is 100.0 cm³/mol. The largest absolute Gasteiger partial charge is 0.479 e. The predicted octanol–water partition coefficient (Wildman–Crippen LogP) is 3.21. The average Bonchev–Trinajstić information content (AvgIpc) is 2.58. The molecule has 3 atom stereocenters. The molecule has 0 heterocycles. The lowest BCUT2D eigenvalue weighted by molar-refractivity contribution is 0.224. The Hall–Kier alpha value is -2.13. The molecule has 1 aliphatic carbocycles. The summed E-state index contributed by atoms with van der Waals surface area (Å²) in [7, 11) is 0. The highest BCUT2D eigenvalue weighted by atomic mass is 32.1. The molecule has 1 aliphatic rings. The first-order valence-electron chi connectivity index (χ1n) is 8.29. The van der Waals surface area contributed by atoms with E-state index in [1.165, 1.54) is 12.8 Å². The molecule has 1 fully saturated rings. The molecule has 0 aromatic heterocycles. The van der Waals surface area contributed by atoms with Gasteiger partial charge in [0, 0.05) is 6.04 Å². The van der Waals surface area contributed by atoms with Crippen LogP contribution in [0.5, 0.6) is 5.75 Å². The van der Waals surface area contributed by atoms with Crippen LogP contribution in [0, 0.1) is 23.2 Å². The minimum atomic E-state index is 0.0487. The third-order valence-electron chi connectivity index (χ3n) is 4.59. The van der Waals surface area contributed by atoms with Crippen molar-refractivity contribution in [3.8, 4) is 11.8 Å². The lowest BCUT2D eigenvalue weighted by Crippen LogP contribution is -2.46. The van der Waals surface area contributed by atoms with Crippen molar-refractivity contribution in [3.63, 3.8) is 0 Å². The lowest BCUT2D eigenvalue weighted by Gasteiger charge is -2.35. The number of benzene rings is 1. The number of nitrogens with zero attached hydrogens (tertiary/aromatic N) is 2. The van der Waals surface area contributed by atoms with Gasteiger partial charge in [-0.05, 0) is 60.3 Å². The normalized spacial score (nSPS) is 23.5. The summed E-state index contributed by atoms with van der Waals surface area (Å²) in [6.45, 7) is 4.63. The third kappa shape index (κ3) is 5.50. The fourth-order valence-corrected chi connectivity index (χ4v) is 3.12. The van der Waals surface area contributed by atoms with Gasteiger partial charge in [0.2, 0.25) is 0 Å². The molecule has 2 rings (SSSR count). The number of hydrogen-bond acceptors (Lipinski definition) is 4. The van der Waals surface area contributed by atoms with Crippen molar-refractivity contribution in [1.82, 2.24) is 10.7 Å². The minimum absolute atomic E-state index is 0.0487. The van der Waals surface area contributed by atoms with Crippen LogP contribution in [0.3, 0.4) is 0 Å². The molecule has 2 N–H and O–H groups in total. The van der Waals surface area contributed by atoms with Gasteiger partial charge >= 0.3 is 0 Å². The number of hydrogen-bond donors (Lipinski definition) is 2. The maximum Gasteiger partial charge on any atom is 0.187 e. The zero-order chi connectivity index (χ0) is 17.4. The molecule has 0 unspecified atom stereocenters. The Morgan fingerprint density at radius 1 is 1.38 bits per heavy atom. The molecule has 1 aromatic rings. The minimum Gasteiger partial charge on any atom is -0.479 e. The molecule has 24 heavy (non-hydrogen) atoms. The summed E-state index contributed by atoms with van der Waals surface area (Å²) in [5, 5.41) is 16.6. The molecule has 0 radical (unpaired) electrons. The second-order valence-corrected chi connectivity index (χ2v) is 6.64. The van der Waals surface area contributed by atoms with E-state index in [0.29, 0.717) is 22.8 Å². The van der Waals surface area contributed by atoms with E-state index in [9.17, 15) is 0 Å². The molecule has 5 nitrogen and oxygen atoms in total. The Bertz CT molecular complexity index is 608. The number of nitrogens with one attached hydrogen (secondary N) is 2. The first-order chi connectivity index (χ1) is 11.6. The van der Waals surface area contributed by atoms with Crippen LogP contribution >= 0.6 is 12.2 Å². The van der Waals surface area contributed by atoms with Crippen molar-refractivity contribution in [3.05, 3.63) is 29.8 Å². The van der Waals surface area contributed by atoms with Crippen LogP contribution in [0.2, 0.25) is 0 Å². The quantitative estimate of drug-likeness (QED) is 0.488. The monoisotopic (exact) mass is 344 g/mol. The van der Waals surface area contributed by atoms with Gasteiger partial charge in [-0.15, -0.1) is 0 Å². The Morgan fingerprint density at radius 2 is 2.12 bits per heavy atom. The smallest absolute Gasteiger partial charge is 0.187 e. The van der Waals surface area contributed by atoms with Crippen molar-refractivity contribution in [1.29, 1.82) is 5.26 Å². The van der Waals surface area contributed by atoms with E-state index in [1.54, 1.807) is 18.3 Å². The molecule has 0 amide bonds. The first-order valence-corrected chi connectivity index (χ1v) is 8.70. The zero-order valence-corrected chi connectivity index (χ0v) is 15.0. The fourth-order valence-electron chi connectivity index (χ4n) is 2.92. The molecule has 0 saturated heterocycles. The topological polar surface area (TPSA) is 69.4 Å². The Kier molecular flexibility index (Phi) is 7.01. The summed E-state index contributed by atoms with van der Waals surface area (Å²) in [6, 6.07) is 9.71. The summed E-state index contributed by atoms with van der Waals surface area (Å²) in [5.74, 6) is 2.01. The molecule has 0 spiro atoms. The van der Waals surface area contributed by atoms with Gasteiger partial charge in [-0.3, -0.25) is 5.43 Å². The maximum atomic E-state index is 8.48. The molecule has 1 aromatic carbocycles. The van der Waals surface area contributed by atoms with Crippen molar-refractivity contribution >= 4 is 23.5 Å². The Morgan fingerprint density at radius 3 is 2.83 bits per heavy atom. The number of hydrazone groups is 1. The average molecular weight is 344 g/mol. The van der Waals surface area contributed by atoms with Crippen LogP contribution < -0.4 is 15.5 Å². The summed E-state index contributed by atoms with van der Waals surface area (Å²) in [4.78, 5) is 0. The lowest BCUT2D eigenvalue weighted by atomic mass is 9.78. The van der Waals surface area contributed by atoms with Crippen LogP contribution in [0.4, 0.5) is 0 Å². The fraction of sp³-hybridized carbons (Fsp3) is 0.500. The molecule has 128 valence electrons. The highest BCUT2D eigenvalue weighted by Crippen LogP contribution is 2.29. The van der Waals surface area contributed by atoms with E-state index in [2.05, 4.69) is 29.7 Å². The van der Waals surface area contributed by atoms with E-state index in [-0.39, 0.29) is 6.61 Å². The van der Waals surface area contributed by atoms with Gasteiger partial charge < -0.3 is 10.1 Å². The number of ether oxygens (including phenoxy) is 1. The maximum absolute atomic E-state index is 8.48. The van der Waals surface area contributed by atoms with E-state index >= 15 is 0 Å². The summed E-state index contributed by atoms with van der Waals surface area (Å²) in [5.41, 5.74) is 3.80. The number of nitriles is 1. The molecule has 6 heteroatoms. The highest BCUT2D eigenvalue weighted by molar-refractivity contribution is 7.80. The molecule has 1 saturated carbocycles. The van der Waals surface area contributed by atoms with Crippen molar-refractivity contribution in [2.24, 2.45) is 16.9 Å². The summed E-state index contributed by atoms with van der Waals surface area (Å²) in [6.07, 6.45) is 5.40. The zero-order valence-electron chi connectivity index (χ0n) is 14.2. The van der Waals surface area contributed by atoms with Gasteiger partial charge in [0.25, 0.3) is 0 Å². The Labute approximate surface area is 149 Å². The van der Waals surface area contributed by atoms with Gasteiger partial charge in [0.15, 0.2) is 11.7 Å². The number of rotatable bonds is 5. The molecular weight excluding hydrogens is 320 g/mol. The first kappa shape index (κ1) is 18.2. The summed E-state index contributed by atoms with van der Waals surface area (Å²) < 4.78 is 5.20. The SMILES string of the molecule is C[C@@H]1[C@@H](C)CCC[C@H]1NC(=S)N/N=C\c1ccc(OCC#N)cc1. The van der Waals surface area contributed by atoms with E-state index < -0.39 is 0 Å². The molecule has 0 aliphatic heterocycles. The van der Waals surface area contributed by atoms with E-state index in [4.69, 9.17) is 22.2 Å². The second-order valence-electron chi connectivity index (χ2n) is 6.23. The third-order valence-corrected chi connectivity index (χ3v) is 4.80. The second kappa shape index (κ2) is 9.24. The van der Waals surface area contributed by atoms with E-state index in [0.717, 1.165) is 17.9 Å². The van der Waals surface area contributed by atoms with Crippen LogP contribution in [-0.2, 0) is 0 Å². The van der Waals surface area contributed by atoms with Crippen LogP contribution in [0.15, 0.2) is 29.4 Å². The van der Waals surface area contributed by atoms with Crippen molar-refractivity contribution in [2.45, 2.75) is 39.2 Å². The van der Waals surface area contributed by atoms with Gasteiger partial charge in [-0.1, -0.05) is 26.7 Å². The van der Waals surface area contributed by atoms with Gasteiger partial charge in [0.1, 0.15) is 11.8 Å². The van der Waals surface area contributed by atoms with Gasteiger partial charge in [-0.25, -0.2) is 0 Å². The van der Waals surface area contributed by atoms with Crippen LogP contribution in [-0.4, -0.2) is 24.0 Å². The highest BCUT2D eigenvalue weighted by Gasteiger charge is 2.27. The van der Waals surface area contributed by atoms with Crippen molar-refractivity contribution < 1.29 is 4.74 Å². The van der Waals surface area contributed by atoms with Gasteiger partial charge in [0.05, 0.1) is 6.21 Å². The summed E-state index contributed by atoms with van der Waals surface area (Å²) >= 11 is 5.32. The number of thiocarbonyl (C=S) groups is 1. The van der Waals surface area contributed by atoms with Crippen LogP contribution in [0.25, 0.3) is 0 Å². The molecular formula is C18H24N4OS. The van der Waals surface area contributed by atoms with Gasteiger partial charge in [-0.2, -0.15) is 10.4 Å². The van der Waals surface area contributed by atoms with Crippen molar-refractivity contribution in [2.75, 3.05) is 6.61 Å². The molecule has 0 bridgehead atoms. The standard InChI is InChI=1S/C18H24N4OS/c1-13-4-3-5-17(14(13)2)21-18(24)22-20-12-15-6-8-16(9-7-15)23-11-10-19/h6-9,12-14,17H,3-5,11H2,1-2H3,(H2,21,22,24)/b20-12-/t13-,14+,17+/m0/s1.